The first kappa shape index (κ1) is 19.7. The van der Waals surface area contributed by atoms with Crippen LogP contribution in [0.4, 0.5) is 0 Å². The van der Waals surface area contributed by atoms with E-state index in [0.29, 0.717) is 23.9 Å². The zero-order valence-corrected chi connectivity index (χ0v) is 16.6. The summed E-state index contributed by atoms with van der Waals surface area (Å²) in [5.41, 5.74) is 0.464. The molecule has 0 aromatic carbocycles. The second kappa shape index (κ2) is 8.78. The van der Waals surface area contributed by atoms with Gasteiger partial charge in [-0.2, -0.15) is 0 Å². The second-order valence-corrected chi connectivity index (χ2v) is 7.59. The number of aryl methyl sites for hydroxylation is 1. The maximum atomic E-state index is 13.1. The third-order valence-corrected chi connectivity index (χ3v) is 5.87. The number of rotatable bonds is 6. The maximum absolute atomic E-state index is 13.1. The van der Waals surface area contributed by atoms with Gasteiger partial charge in [0.05, 0.1) is 11.6 Å². The van der Waals surface area contributed by atoms with E-state index in [1.54, 1.807) is 19.3 Å². The van der Waals surface area contributed by atoms with Crippen molar-refractivity contribution < 1.29 is 9.59 Å². The zero-order valence-electron chi connectivity index (χ0n) is 16.6. The number of likely N-dealkylation sites (tertiary alicyclic amines) is 1. The van der Waals surface area contributed by atoms with Crippen molar-refractivity contribution in [2.24, 2.45) is 0 Å². The maximum Gasteiger partial charge on any atom is 0.254 e. The molecular formula is C20H31N5O2. The van der Waals surface area contributed by atoms with Crippen LogP contribution in [0.25, 0.3) is 0 Å². The normalized spacial score (nSPS) is 23.5. The number of aromatic nitrogens is 2. The van der Waals surface area contributed by atoms with Crippen molar-refractivity contribution in [3.05, 3.63) is 23.8 Å². The lowest BCUT2D eigenvalue weighted by Crippen LogP contribution is -2.48. The summed E-state index contributed by atoms with van der Waals surface area (Å²) < 4.78 is 0. The number of nitrogens with zero attached hydrogens (tertiary/aromatic N) is 4. The summed E-state index contributed by atoms with van der Waals surface area (Å²) in [6.07, 6.45) is 8.53. The first-order valence-corrected chi connectivity index (χ1v) is 10.2. The Morgan fingerprint density at radius 2 is 1.81 bits per heavy atom. The van der Waals surface area contributed by atoms with Crippen molar-refractivity contribution in [2.45, 2.75) is 71.0 Å². The molecule has 0 bridgehead atoms. The molecule has 148 valence electrons. The number of nitrogens with one attached hydrogen (secondary N) is 1. The van der Waals surface area contributed by atoms with Crippen molar-refractivity contribution in [3.63, 3.8) is 0 Å². The van der Waals surface area contributed by atoms with Gasteiger partial charge in [0.1, 0.15) is 5.82 Å². The monoisotopic (exact) mass is 373 g/mol. The zero-order chi connectivity index (χ0) is 19.4. The minimum absolute atomic E-state index is 0.0242. The molecule has 1 N–H and O–H groups in total. The van der Waals surface area contributed by atoms with Gasteiger partial charge in [-0.15, -0.1) is 0 Å². The van der Waals surface area contributed by atoms with Crippen LogP contribution >= 0.6 is 0 Å². The van der Waals surface area contributed by atoms with E-state index >= 15 is 0 Å². The molecule has 2 fully saturated rings. The Morgan fingerprint density at radius 1 is 1.19 bits per heavy atom. The lowest BCUT2D eigenvalue weighted by atomic mass is 10.1. The van der Waals surface area contributed by atoms with E-state index in [9.17, 15) is 9.59 Å². The van der Waals surface area contributed by atoms with Gasteiger partial charge in [-0.05, 0) is 40.0 Å². The summed E-state index contributed by atoms with van der Waals surface area (Å²) in [6, 6.07) is 0.301. The van der Waals surface area contributed by atoms with Gasteiger partial charge >= 0.3 is 0 Å². The molecule has 1 aromatic heterocycles. The van der Waals surface area contributed by atoms with Crippen LogP contribution in [0, 0.1) is 6.92 Å². The summed E-state index contributed by atoms with van der Waals surface area (Å²) >= 11 is 0. The van der Waals surface area contributed by atoms with E-state index in [1.165, 1.54) is 12.8 Å². The molecule has 1 saturated heterocycles. The minimum atomic E-state index is -0.165. The molecule has 1 aliphatic carbocycles. The summed E-state index contributed by atoms with van der Waals surface area (Å²) in [5, 5.41) is 3.10. The predicted molar refractivity (Wildman–Crippen MR) is 103 cm³/mol. The predicted octanol–water partition coefficient (Wildman–Crippen LogP) is 1.77. The van der Waals surface area contributed by atoms with Crippen LogP contribution in [-0.4, -0.2) is 69.3 Å². The van der Waals surface area contributed by atoms with Gasteiger partial charge in [0.2, 0.25) is 5.91 Å². The van der Waals surface area contributed by atoms with Crippen LogP contribution in [0.5, 0.6) is 0 Å². The van der Waals surface area contributed by atoms with Crippen LogP contribution in [0.1, 0.15) is 62.1 Å². The molecule has 1 aromatic rings. The lowest BCUT2D eigenvalue weighted by Gasteiger charge is -2.32. The van der Waals surface area contributed by atoms with E-state index in [1.807, 2.05) is 18.7 Å². The number of likely N-dealkylation sites (N-methyl/N-ethyl adjacent to an activating group) is 1. The van der Waals surface area contributed by atoms with Crippen molar-refractivity contribution in [1.82, 2.24) is 25.1 Å². The van der Waals surface area contributed by atoms with Gasteiger partial charge in [0.25, 0.3) is 5.91 Å². The SMILES string of the molecule is CCN(CC)C(=O)[C@@H]1C[C@H](NC(=O)c2cnc(C)nc2)CN1C1CCCC1. The summed E-state index contributed by atoms with van der Waals surface area (Å²) in [4.78, 5) is 38.1. The van der Waals surface area contributed by atoms with Crippen LogP contribution < -0.4 is 5.32 Å². The topological polar surface area (TPSA) is 78.4 Å². The van der Waals surface area contributed by atoms with Crippen LogP contribution in [0.2, 0.25) is 0 Å². The first-order valence-electron chi connectivity index (χ1n) is 10.2. The van der Waals surface area contributed by atoms with Crippen LogP contribution in [0.15, 0.2) is 12.4 Å². The fourth-order valence-electron chi connectivity index (χ4n) is 4.37. The Labute approximate surface area is 161 Å². The Morgan fingerprint density at radius 3 is 2.41 bits per heavy atom. The minimum Gasteiger partial charge on any atom is -0.348 e. The molecule has 2 amide bonds. The Balaban J connectivity index is 1.70. The van der Waals surface area contributed by atoms with Crippen molar-refractivity contribution in [3.8, 4) is 0 Å². The first-order chi connectivity index (χ1) is 13.0. The molecule has 7 heteroatoms. The highest BCUT2D eigenvalue weighted by molar-refractivity contribution is 5.94. The highest BCUT2D eigenvalue weighted by Crippen LogP contribution is 2.31. The average Bonchev–Trinajstić information content (AvgIpc) is 3.32. The van der Waals surface area contributed by atoms with Gasteiger partial charge in [-0.3, -0.25) is 14.5 Å². The highest BCUT2D eigenvalue weighted by atomic mass is 16.2. The van der Waals surface area contributed by atoms with E-state index in [2.05, 4.69) is 20.2 Å². The summed E-state index contributed by atoms with van der Waals surface area (Å²) in [5.74, 6) is 0.675. The third-order valence-electron chi connectivity index (χ3n) is 5.87. The second-order valence-electron chi connectivity index (χ2n) is 7.59. The lowest BCUT2D eigenvalue weighted by molar-refractivity contribution is -0.136. The van der Waals surface area contributed by atoms with Gasteiger partial charge < -0.3 is 10.2 Å². The Kier molecular flexibility index (Phi) is 6.42. The van der Waals surface area contributed by atoms with E-state index in [-0.39, 0.29) is 23.9 Å². The molecule has 27 heavy (non-hydrogen) atoms. The average molecular weight is 374 g/mol. The van der Waals surface area contributed by atoms with Crippen molar-refractivity contribution >= 4 is 11.8 Å². The fraction of sp³-hybridized carbons (Fsp3) is 0.700. The van der Waals surface area contributed by atoms with Crippen molar-refractivity contribution in [1.29, 1.82) is 0 Å². The van der Waals surface area contributed by atoms with Gasteiger partial charge in [0.15, 0.2) is 0 Å². The third kappa shape index (κ3) is 4.46. The summed E-state index contributed by atoms with van der Waals surface area (Å²) in [7, 11) is 0. The quantitative estimate of drug-likeness (QED) is 0.822. The molecule has 1 aliphatic heterocycles. The molecule has 2 aliphatic rings. The smallest absolute Gasteiger partial charge is 0.254 e. The number of amides is 2. The molecular weight excluding hydrogens is 342 g/mol. The number of carbonyl (C=O) groups excluding carboxylic acids is 2. The molecule has 1 saturated carbocycles. The summed E-state index contributed by atoms with van der Waals surface area (Å²) in [6.45, 7) is 8.02. The standard InChI is InChI=1S/C20H31N5O2/c1-4-24(5-2)20(27)18-10-16(13-25(18)17-8-6-7-9-17)23-19(26)15-11-21-14(3)22-12-15/h11-12,16-18H,4-10,13H2,1-3H3,(H,23,26)/t16-,18-/m0/s1. The number of hydrogen-bond acceptors (Lipinski definition) is 5. The van der Waals surface area contributed by atoms with Gasteiger partial charge in [-0.25, -0.2) is 9.97 Å². The van der Waals surface area contributed by atoms with Gasteiger partial charge in [-0.1, -0.05) is 12.8 Å². The van der Waals surface area contributed by atoms with Crippen LogP contribution in [-0.2, 0) is 4.79 Å². The van der Waals surface area contributed by atoms with Crippen LogP contribution in [0.3, 0.4) is 0 Å². The van der Waals surface area contributed by atoms with Crippen molar-refractivity contribution in [2.75, 3.05) is 19.6 Å². The highest BCUT2D eigenvalue weighted by Gasteiger charge is 2.42. The Hall–Kier alpha value is -2.02. The number of carbonyl (C=O) groups is 2. The fourth-order valence-corrected chi connectivity index (χ4v) is 4.37. The van der Waals surface area contributed by atoms with E-state index in [4.69, 9.17) is 0 Å². The largest absolute Gasteiger partial charge is 0.348 e. The molecule has 0 unspecified atom stereocenters. The van der Waals surface area contributed by atoms with Gasteiger partial charge in [0, 0.05) is 44.1 Å². The number of hydrogen-bond donors (Lipinski definition) is 1. The molecule has 2 heterocycles. The van der Waals surface area contributed by atoms with E-state index < -0.39 is 0 Å². The molecule has 0 radical (unpaired) electrons. The molecule has 0 spiro atoms. The molecule has 7 nitrogen and oxygen atoms in total. The molecule has 3 rings (SSSR count). The molecule has 2 atom stereocenters. The Bertz CT molecular complexity index is 653. The van der Waals surface area contributed by atoms with E-state index in [0.717, 1.165) is 32.5 Å².